The summed E-state index contributed by atoms with van der Waals surface area (Å²) >= 11 is 3.28. The monoisotopic (exact) mass is 324 g/mol. The first kappa shape index (κ1) is 14.0. The fourth-order valence-corrected chi connectivity index (χ4v) is 2.54. The molecule has 1 saturated carbocycles. The molecule has 0 atom stereocenters. The van der Waals surface area contributed by atoms with E-state index in [1.54, 1.807) is 12.1 Å². The maximum Gasteiger partial charge on any atom is 0.240 e. The predicted octanol–water partition coefficient (Wildman–Crippen LogP) is 2.94. The van der Waals surface area contributed by atoms with Crippen molar-refractivity contribution in [3.8, 4) is 6.07 Å². The van der Waals surface area contributed by atoms with Crippen molar-refractivity contribution in [3.63, 3.8) is 0 Å². The van der Waals surface area contributed by atoms with Crippen molar-refractivity contribution in [2.45, 2.75) is 25.7 Å². The summed E-state index contributed by atoms with van der Waals surface area (Å²) in [7, 11) is 0. The van der Waals surface area contributed by atoms with Crippen LogP contribution in [-0.4, -0.2) is 12.5 Å². The molecule has 1 amide bonds. The Morgan fingerprint density at radius 3 is 2.84 bits per heavy atom. The molecule has 1 aliphatic rings. The van der Waals surface area contributed by atoms with Gasteiger partial charge in [-0.15, -0.1) is 0 Å². The van der Waals surface area contributed by atoms with Crippen molar-refractivity contribution < 1.29 is 9.18 Å². The number of carbonyl (C=O) groups is 1. The van der Waals surface area contributed by atoms with E-state index in [1.807, 2.05) is 0 Å². The lowest BCUT2D eigenvalue weighted by atomic mass is 9.69. The van der Waals surface area contributed by atoms with E-state index in [0.29, 0.717) is 31.4 Å². The van der Waals surface area contributed by atoms with E-state index in [1.165, 1.54) is 6.07 Å². The van der Waals surface area contributed by atoms with Gasteiger partial charge in [0, 0.05) is 11.0 Å². The molecule has 0 aliphatic heterocycles. The first-order valence-corrected chi connectivity index (χ1v) is 7.00. The van der Waals surface area contributed by atoms with Crippen LogP contribution in [0, 0.1) is 22.6 Å². The number of benzene rings is 1. The smallest absolute Gasteiger partial charge is 0.240 e. The molecule has 19 heavy (non-hydrogen) atoms. The van der Waals surface area contributed by atoms with Gasteiger partial charge in [0.05, 0.1) is 6.07 Å². The number of nitrogens with one attached hydrogen (secondary N) is 1. The van der Waals surface area contributed by atoms with E-state index in [-0.39, 0.29) is 11.7 Å². The van der Waals surface area contributed by atoms with Gasteiger partial charge in [0.25, 0.3) is 0 Å². The highest BCUT2D eigenvalue weighted by Crippen LogP contribution is 2.40. The second kappa shape index (κ2) is 5.70. The molecule has 1 N–H and O–H groups in total. The number of rotatable bonds is 4. The Hall–Kier alpha value is -1.41. The molecule has 0 spiro atoms. The number of nitriles is 1. The highest BCUT2D eigenvalue weighted by atomic mass is 79.9. The average molecular weight is 325 g/mol. The normalized spacial score (nSPS) is 16.3. The van der Waals surface area contributed by atoms with Gasteiger partial charge in [0.2, 0.25) is 5.91 Å². The van der Waals surface area contributed by atoms with Crippen molar-refractivity contribution in [1.82, 2.24) is 5.32 Å². The van der Waals surface area contributed by atoms with Gasteiger partial charge in [0.15, 0.2) is 0 Å². The van der Waals surface area contributed by atoms with Crippen LogP contribution in [0.2, 0.25) is 0 Å². The summed E-state index contributed by atoms with van der Waals surface area (Å²) < 4.78 is 14.3. The van der Waals surface area contributed by atoms with Crippen molar-refractivity contribution in [1.29, 1.82) is 5.26 Å². The van der Waals surface area contributed by atoms with Gasteiger partial charge in [-0.25, -0.2) is 4.39 Å². The summed E-state index contributed by atoms with van der Waals surface area (Å²) in [5.41, 5.74) is -0.287. The Balaban J connectivity index is 1.89. The number of nitrogens with zero attached hydrogens (tertiary/aromatic N) is 1. The SMILES string of the molecule is N#CC1(C(=O)NCCc2cc(Br)ccc2F)CCC1. The summed E-state index contributed by atoms with van der Waals surface area (Å²) in [6.45, 7) is 0.343. The lowest BCUT2D eigenvalue weighted by molar-refractivity contribution is -0.131. The van der Waals surface area contributed by atoms with E-state index in [2.05, 4.69) is 27.3 Å². The van der Waals surface area contributed by atoms with Crippen LogP contribution in [0.25, 0.3) is 0 Å². The Morgan fingerprint density at radius 2 is 2.26 bits per heavy atom. The zero-order valence-electron chi connectivity index (χ0n) is 10.4. The summed E-state index contributed by atoms with van der Waals surface area (Å²) in [6, 6.07) is 6.82. The Morgan fingerprint density at radius 1 is 1.53 bits per heavy atom. The van der Waals surface area contributed by atoms with E-state index in [9.17, 15) is 9.18 Å². The zero-order valence-corrected chi connectivity index (χ0v) is 12.0. The third-order valence-corrected chi connectivity index (χ3v) is 4.04. The zero-order chi connectivity index (χ0) is 13.9. The number of carbonyl (C=O) groups excluding carboxylic acids is 1. The Bertz CT molecular complexity index is 535. The van der Waals surface area contributed by atoms with Gasteiger partial charge in [-0.05, 0) is 49.4 Å². The molecule has 0 bridgehead atoms. The van der Waals surface area contributed by atoms with Crippen molar-refractivity contribution in [2.24, 2.45) is 5.41 Å². The Labute approximate surface area is 119 Å². The quantitative estimate of drug-likeness (QED) is 0.925. The standard InChI is InChI=1S/C14H14BrFN2O/c15-11-2-3-12(16)10(8-11)4-7-18-13(19)14(9-17)5-1-6-14/h2-3,8H,1,4-7H2,(H,18,19). The van der Waals surface area contributed by atoms with Crippen molar-refractivity contribution >= 4 is 21.8 Å². The minimum absolute atomic E-state index is 0.225. The molecule has 5 heteroatoms. The summed E-state index contributed by atoms with van der Waals surface area (Å²) in [5, 5.41) is 11.8. The van der Waals surface area contributed by atoms with Gasteiger partial charge in [0.1, 0.15) is 11.2 Å². The highest BCUT2D eigenvalue weighted by Gasteiger charge is 2.44. The van der Waals surface area contributed by atoms with Crippen LogP contribution in [0.3, 0.4) is 0 Å². The molecular weight excluding hydrogens is 311 g/mol. The number of hydrogen-bond donors (Lipinski definition) is 1. The second-order valence-corrected chi connectivity index (χ2v) is 5.70. The van der Waals surface area contributed by atoms with Gasteiger partial charge in [-0.3, -0.25) is 4.79 Å². The molecule has 0 unspecified atom stereocenters. The largest absolute Gasteiger partial charge is 0.354 e. The van der Waals surface area contributed by atoms with Crippen LogP contribution in [-0.2, 0) is 11.2 Å². The van der Waals surface area contributed by atoms with Crippen molar-refractivity contribution in [2.75, 3.05) is 6.54 Å². The number of amides is 1. The number of halogens is 2. The van der Waals surface area contributed by atoms with Gasteiger partial charge in [-0.1, -0.05) is 15.9 Å². The molecular formula is C14H14BrFN2O. The van der Waals surface area contributed by atoms with Crippen LogP contribution in [0.4, 0.5) is 4.39 Å². The van der Waals surface area contributed by atoms with E-state index in [0.717, 1.165) is 10.9 Å². The first-order chi connectivity index (χ1) is 9.07. The molecule has 1 aromatic rings. The lowest BCUT2D eigenvalue weighted by Gasteiger charge is -2.33. The molecule has 0 heterocycles. The number of hydrogen-bond acceptors (Lipinski definition) is 2. The second-order valence-electron chi connectivity index (χ2n) is 4.79. The van der Waals surface area contributed by atoms with Gasteiger partial charge >= 0.3 is 0 Å². The summed E-state index contributed by atoms with van der Waals surface area (Å²) in [6.07, 6.45) is 2.58. The molecule has 2 rings (SSSR count). The first-order valence-electron chi connectivity index (χ1n) is 6.21. The van der Waals surface area contributed by atoms with Crippen LogP contribution in [0.15, 0.2) is 22.7 Å². The van der Waals surface area contributed by atoms with Crippen LogP contribution < -0.4 is 5.32 Å². The maximum absolute atomic E-state index is 13.5. The minimum Gasteiger partial charge on any atom is -0.354 e. The molecule has 0 aromatic heterocycles. The van der Waals surface area contributed by atoms with Crippen LogP contribution in [0.1, 0.15) is 24.8 Å². The van der Waals surface area contributed by atoms with Gasteiger partial charge < -0.3 is 5.32 Å². The maximum atomic E-state index is 13.5. The summed E-state index contributed by atoms with van der Waals surface area (Å²) in [4.78, 5) is 11.9. The van der Waals surface area contributed by atoms with Gasteiger partial charge in [-0.2, -0.15) is 5.26 Å². The highest BCUT2D eigenvalue weighted by molar-refractivity contribution is 9.10. The lowest BCUT2D eigenvalue weighted by Crippen LogP contribution is -2.45. The topological polar surface area (TPSA) is 52.9 Å². The van der Waals surface area contributed by atoms with E-state index < -0.39 is 5.41 Å². The molecule has 100 valence electrons. The predicted molar refractivity (Wildman–Crippen MR) is 72.7 cm³/mol. The third kappa shape index (κ3) is 2.95. The average Bonchev–Trinajstić information content (AvgIpc) is 2.33. The third-order valence-electron chi connectivity index (χ3n) is 3.54. The molecule has 1 aliphatic carbocycles. The molecule has 3 nitrogen and oxygen atoms in total. The van der Waals surface area contributed by atoms with Crippen molar-refractivity contribution in [3.05, 3.63) is 34.1 Å². The van der Waals surface area contributed by atoms with Crippen LogP contribution in [0.5, 0.6) is 0 Å². The van der Waals surface area contributed by atoms with Crippen LogP contribution >= 0.6 is 15.9 Å². The molecule has 0 radical (unpaired) electrons. The summed E-state index contributed by atoms with van der Waals surface area (Å²) in [5.74, 6) is -0.507. The van der Waals surface area contributed by atoms with E-state index >= 15 is 0 Å². The Kier molecular flexibility index (Phi) is 4.20. The minimum atomic E-state index is -0.837. The van der Waals surface area contributed by atoms with E-state index in [4.69, 9.17) is 5.26 Å². The fraction of sp³-hybridized carbons (Fsp3) is 0.429. The molecule has 1 aromatic carbocycles. The molecule has 0 saturated heterocycles. The molecule has 1 fully saturated rings. The fourth-order valence-electron chi connectivity index (χ4n) is 2.13.